The molecule has 0 fully saturated rings. The Morgan fingerprint density at radius 2 is 1.02 bits per heavy atom. The van der Waals surface area contributed by atoms with Gasteiger partial charge < -0.3 is 23.8 Å². The van der Waals surface area contributed by atoms with E-state index in [0.29, 0.717) is 19.3 Å². The van der Waals surface area contributed by atoms with Gasteiger partial charge in [0.1, 0.15) is 6.61 Å². The van der Waals surface area contributed by atoms with E-state index in [9.17, 15) is 19.5 Å². The fraction of sp³-hybridized carbons (Fsp3) is 0.884. The van der Waals surface area contributed by atoms with Crippen molar-refractivity contribution in [3.05, 3.63) is 12.2 Å². The highest BCUT2D eigenvalue weighted by molar-refractivity contribution is 5.72. The number of aliphatic carboxylic acids is 1. The predicted molar refractivity (Wildman–Crippen MR) is 211 cm³/mol. The third-order valence-corrected chi connectivity index (χ3v) is 9.65. The lowest BCUT2D eigenvalue weighted by Gasteiger charge is -2.31. The number of carbonyl (C=O) groups excluding carboxylic acids is 2. The van der Waals surface area contributed by atoms with Crippen LogP contribution in [0.15, 0.2) is 12.2 Å². The van der Waals surface area contributed by atoms with Crippen molar-refractivity contribution >= 4 is 17.9 Å². The molecule has 0 aliphatic carbocycles. The summed E-state index contributed by atoms with van der Waals surface area (Å²) in [6.45, 7) is 4.68. The summed E-state index contributed by atoms with van der Waals surface area (Å²) in [5.74, 6) is -1.47. The van der Waals surface area contributed by atoms with Gasteiger partial charge in [-0.3, -0.25) is 9.59 Å². The van der Waals surface area contributed by atoms with Crippen molar-refractivity contribution in [3.63, 3.8) is 0 Å². The van der Waals surface area contributed by atoms with Crippen molar-refractivity contribution < 1.29 is 38.2 Å². The average Bonchev–Trinajstić information content (AvgIpc) is 3.08. The number of nitrogens with zero attached hydrogens (tertiary/aromatic N) is 1. The van der Waals surface area contributed by atoms with E-state index < -0.39 is 18.1 Å². The van der Waals surface area contributed by atoms with Crippen molar-refractivity contribution in [1.82, 2.24) is 0 Å². The minimum atomic E-state index is -0.875. The third-order valence-electron chi connectivity index (χ3n) is 9.65. The van der Waals surface area contributed by atoms with Crippen LogP contribution in [0.2, 0.25) is 0 Å². The Balaban J connectivity index is 4.27. The third kappa shape index (κ3) is 33.6. The second-order valence-corrected chi connectivity index (χ2v) is 15.6. The van der Waals surface area contributed by atoms with E-state index in [1.54, 1.807) is 0 Å². The fourth-order valence-electron chi connectivity index (χ4n) is 6.33. The molecule has 0 aromatic rings. The zero-order valence-corrected chi connectivity index (χ0v) is 34.1. The lowest BCUT2D eigenvalue weighted by molar-refractivity contribution is -0.887. The molecule has 0 radical (unpaired) electrons. The van der Waals surface area contributed by atoms with Gasteiger partial charge in [0.15, 0.2) is 12.1 Å². The molecule has 0 amide bonds. The second-order valence-electron chi connectivity index (χ2n) is 15.6. The van der Waals surface area contributed by atoms with Crippen LogP contribution in [0.1, 0.15) is 194 Å². The molecule has 0 bridgehead atoms. The maximum atomic E-state index is 12.6. The van der Waals surface area contributed by atoms with Gasteiger partial charge in [-0.1, -0.05) is 154 Å². The molecular formula is C43H82NO7+. The molecule has 8 heteroatoms. The molecule has 0 aromatic heterocycles. The van der Waals surface area contributed by atoms with Gasteiger partial charge in [0, 0.05) is 19.3 Å². The minimum Gasteiger partial charge on any atom is -0.477 e. The summed E-state index contributed by atoms with van der Waals surface area (Å²) in [6.07, 6.45) is 35.4. The molecule has 2 atom stereocenters. The Bertz CT molecular complexity index is 854. The number of unbranched alkanes of at least 4 members (excludes halogenated alkanes) is 22. The van der Waals surface area contributed by atoms with Crippen LogP contribution in [0, 0.1) is 0 Å². The Labute approximate surface area is 314 Å². The van der Waals surface area contributed by atoms with Crippen molar-refractivity contribution in [2.75, 3.05) is 41.0 Å². The van der Waals surface area contributed by atoms with Crippen molar-refractivity contribution in [1.29, 1.82) is 0 Å². The molecule has 0 spiro atoms. The standard InChI is InChI=1S/C43H81NO7/c1-6-8-10-12-14-16-18-19-20-21-22-23-24-26-27-29-31-33-41(45)50-38-39(37-49-36-35-40(43(47)48)44(3,4)5)51-42(46)34-32-30-28-25-17-15-13-11-9-7-2/h11,13,39-40H,6-10,12,14-38H2,1-5H3/p+1/b13-11-. The number of hydrogen-bond acceptors (Lipinski definition) is 6. The first-order valence-corrected chi connectivity index (χ1v) is 21.2. The summed E-state index contributed by atoms with van der Waals surface area (Å²) in [4.78, 5) is 36.8. The van der Waals surface area contributed by atoms with E-state index in [4.69, 9.17) is 14.2 Å². The zero-order valence-electron chi connectivity index (χ0n) is 34.1. The lowest BCUT2D eigenvalue weighted by atomic mass is 10.0. The number of carbonyl (C=O) groups is 3. The van der Waals surface area contributed by atoms with E-state index in [0.717, 1.165) is 57.8 Å². The van der Waals surface area contributed by atoms with E-state index in [1.807, 2.05) is 21.1 Å². The summed E-state index contributed by atoms with van der Waals surface area (Å²) >= 11 is 0. The van der Waals surface area contributed by atoms with Gasteiger partial charge in [0.25, 0.3) is 0 Å². The molecule has 2 unspecified atom stereocenters. The largest absolute Gasteiger partial charge is 0.477 e. The normalized spacial score (nSPS) is 13.0. The number of quaternary nitrogens is 1. The molecule has 300 valence electrons. The summed E-state index contributed by atoms with van der Waals surface area (Å²) < 4.78 is 17.2. The van der Waals surface area contributed by atoms with E-state index >= 15 is 0 Å². The highest BCUT2D eigenvalue weighted by Gasteiger charge is 2.31. The van der Waals surface area contributed by atoms with Crippen LogP contribution in [0.25, 0.3) is 0 Å². The van der Waals surface area contributed by atoms with Gasteiger partial charge in [-0.05, 0) is 32.1 Å². The van der Waals surface area contributed by atoms with Gasteiger partial charge in [0.2, 0.25) is 0 Å². The first-order chi connectivity index (χ1) is 24.6. The molecular weight excluding hydrogens is 642 g/mol. The smallest absolute Gasteiger partial charge is 0.362 e. The van der Waals surface area contributed by atoms with Gasteiger partial charge in [-0.25, -0.2) is 4.79 Å². The zero-order chi connectivity index (χ0) is 37.8. The van der Waals surface area contributed by atoms with E-state index in [-0.39, 0.29) is 36.2 Å². The summed E-state index contributed by atoms with van der Waals surface area (Å²) in [7, 11) is 5.52. The van der Waals surface area contributed by atoms with Crippen LogP contribution in [0.4, 0.5) is 0 Å². The second kappa shape index (κ2) is 35.1. The number of carboxylic acids is 1. The predicted octanol–water partition coefficient (Wildman–Crippen LogP) is 11.1. The molecule has 1 N–H and O–H groups in total. The summed E-state index contributed by atoms with van der Waals surface area (Å²) in [5, 5.41) is 9.59. The molecule has 0 aliphatic heterocycles. The Morgan fingerprint density at radius 3 is 1.49 bits per heavy atom. The van der Waals surface area contributed by atoms with Gasteiger partial charge in [-0.2, -0.15) is 0 Å². The first-order valence-electron chi connectivity index (χ1n) is 21.2. The Morgan fingerprint density at radius 1 is 0.569 bits per heavy atom. The van der Waals surface area contributed by atoms with E-state index in [1.165, 1.54) is 103 Å². The minimum absolute atomic E-state index is 0.0488. The van der Waals surface area contributed by atoms with Gasteiger partial charge in [-0.15, -0.1) is 0 Å². The van der Waals surface area contributed by atoms with Crippen LogP contribution in [0.5, 0.6) is 0 Å². The monoisotopic (exact) mass is 725 g/mol. The van der Waals surface area contributed by atoms with Crippen LogP contribution in [0.3, 0.4) is 0 Å². The van der Waals surface area contributed by atoms with Crippen molar-refractivity contribution in [3.8, 4) is 0 Å². The highest BCUT2D eigenvalue weighted by atomic mass is 16.6. The number of rotatable bonds is 38. The molecule has 0 saturated heterocycles. The maximum Gasteiger partial charge on any atom is 0.362 e. The lowest BCUT2D eigenvalue weighted by Crippen LogP contribution is -2.50. The first kappa shape index (κ1) is 49.1. The van der Waals surface area contributed by atoms with Crippen LogP contribution in [-0.2, 0) is 28.6 Å². The van der Waals surface area contributed by atoms with Crippen LogP contribution < -0.4 is 0 Å². The summed E-state index contributed by atoms with van der Waals surface area (Å²) in [6, 6.07) is -0.610. The topological polar surface area (TPSA) is 99.1 Å². The van der Waals surface area contributed by atoms with Crippen molar-refractivity contribution in [2.24, 2.45) is 0 Å². The quantitative estimate of drug-likeness (QED) is 0.0293. The fourth-order valence-corrected chi connectivity index (χ4v) is 6.33. The SMILES string of the molecule is CCC/C=C\CCCCCCCC(=O)OC(COCCC(C(=O)O)[N+](C)(C)C)COC(=O)CCCCCCCCCCCCCCCCCCC. The number of ether oxygens (including phenoxy) is 3. The molecule has 0 aliphatic rings. The molecule has 0 aromatic carbocycles. The van der Waals surface area contributed by atoms with Gasteiger partial charge in [0.05, 0.1) is 34.4 Å². The van der Waals surface area contributed by atoms with Crippen molar-refractivity contribution in [2.45, 2.75) is 206 Å². The average molecular weight is 725 g/mol. The molecule has 0 saturated carbocycles. The van der Waals surface area contributed by atoms with Gasteiger partial charge >= 0.3 is 17.9 Å². The summed E-state index contributed by atoms with van der Waals surface area (Å²) in [5.41, 5.74) is 0. The molecule has 51 heavy (non-hydrogen) atoms. The van der Waals surface area contributed by atoms with Crippen LogP contribution >= 0.6 is 0 Å². The Hall–Kier alpha value is -1.93. The maximum absolute atomic E-state index is 12.6. The van der Waals surface area contributed by atoms with E-state index in [2.05, 4.69) is 26.0 Å². The molecule has 8 nitrogen and oxygen atoms in total. The molecule has 0 rings (SSSR count). The molecule has 0 heterocycles. The number of allylic oxidation sites excluding steroid dienone is 2. The van der Waals surface area contributed by atoms with Crippen LogP contribution in [-0.4, -0.2) is 80.6 Å². The number of carboxylic acid groups (broad SMARTS) is 1. The number of esters is 2. The highest BCUT2D eigenvalue weighted by Crippen LogP contribution is 2.15. The number of hydrogen-bond donors (Lipinski definition) is 1. The Kier molecular flexibility index (Phi) is 33.8. The number of likely N-dealkylation sites (N-methyl/N-ethyl adjacent to an activating group) is 1.